The summed E-state index contributed by atoms with van der Waals surface area (Å²) in [6.07, 6.45) is 9.14. The average Bonchev–Trinajstić information content (AvgIpc) is 2.26. The maximum atomic E-state index is 9.02. The molecular weight excluding hydrogens is 172 g/mol. The first-order chi connectivity index (χ1) is 6.79. The molecule has 78 valence electrons. The second kappa shape index (κ2) is 5.82. The van der Waals surface area contributed by atoms with Gasteiger partial charge in [-0.2, -0.15) is 5.26 Å². The van der Waals surface area contributed by atoms with Crippen LogP contribution in [0.4, 0.5) is 0 Å². The summed E-state index contributed by atoms with van der Waals surface area (Å²) >= 11 is 0. The lowest BCUT2D eigenvalue weighted by atomic mass is 9.93. The smallest absolute Gasteiger partial charge is 0.101 e. The summed E-state index contributed by atoms with van der Waals surface area (Å²) in [5.41, 5.74) is 0. The number of hydrogen-bond acceptors (Lipinski definition) is 2. The van der Waals surface area contributed by atoms with Crippen LogP contribution < -0.4 is 0 Å². The van der Waals surface area contributed by atoms with Gasteiger partial charge in [0.15, 0.2) is 0 Å². The van der Waals surface area contributed by atoms with Crippen LogP contribution in [0.2, 0.25) is 0 Å². The number of hydrogen-bond donors (Lipinski definition) is 0. The zero-order valence-corrected chi connectivity index (χ0v) is 9.08. The third-order valence-corrected chi connectivity index (χ3v) is 3.18. The van der Waals surface area contributed by atoms with E-state index in [0.29, 0.717) is 6.04 Å². The quantitative estimate of drug-likeness (QED) is 0.640. The standard InChI is InChI=1S/C12H20N2/c1-3-7-12(10-13)14(2)11-8-5-4-6-9-11/h3,11-12H,1,4-9H2,2H3. The Morgan fingerprint density at radius 3 is 2.64 bits per heavy atom. The van der Waals surface area contributed by atoms with Gasteiger partial charge in [-0.05, 0) is 26.3 Å². The highest BCUT2D eigenvalue weighted by Gasteiger charge is 2.23. The third kappa shape index (κ3) is 2.85. The number of nitriles is 1. The van der Waals surface area contributed by atoms with Gasteiger partial charge in [0, 0.05) is 6.04 Å². The van der Waals surface area contributed by atoms with E-state index in [2.05, 4.69) is 24.6 Å². The molecule has 14 heavy (non-hydrogen) atoms. The van der Waals surface area contributed by atoms with E-state index >= 15 is 0 Å². The Balaban J connectivity index is 2.48. The lowest BCUT2D eigenvalue weighted by molar-refractivity contribution is 0.164. The van der Waals surface area contributed by atoms with Gasteiger partial charge in [-0.25, -0.2) is 0 Å². The maximum Gasteiger partial charge on any atom is 0.101 e. The third-order valence-electron chi connectivity index (χ3n) is 3.18. The number of rotatable bonds is 4. The van der Waals surface area contributed by atoms with E-state index in [-0.39, 0.29) is 6.04 Å². The molecule has 0 amide bonds. The first kappa shape index (κ1) is 11.3. The van der Waals surface area contributed by atoms with Gasteiger partial charge in [-0.3, -0.25) is 4.90 Å². The van der Waals surface area contributed by atoms with Crippen LogP contribution in [0.5, 0.6) is 0 Å². The van der Waals surface area contributed by atoms with Crippen molar-refractivity contribution in [3.05, 3.63) is 12.7 Å². The molecule has 0 saturated heterocycles. The molecule has 0 bridgehead atoms. The Morgan fingerprint density at radius 2 is 2.14 bits per heavy atom. The Labute approximate surface area is 87.2 Å². The predicted molar refractivity (Wildman–Crippen MR) is 58.9 cm³/mol. The summed E-state index contributed by atoms with van der Waals surface area (Å²) in [5.74, 6) is 0. The SMILES string of the molecule is C=CCC(C#N)N(C)C1CCCCC1. The highest BCUT2D eigenvalue weighted by atomic mass is 15.2. The molecule has 0 aliphatic heterocycles. The molecule has 2 nitrogen and oxygen atoms in total. The Bertz CT molecular complexity index is 211. The molecule has 1 aliphatic rings. The van der Waals surface area contributed by atoms with Gasteiger partial charge in [0.25, 0.3) is 0 Å². The zero-order valence-electron chi connectivity index (χ0n) is 9.08. The summed E-state index contributed by atoms with van der Waals surface area (Å²) < 4.78 is 0. The van der Waals surface area contributed by atoms with Crippen molar-refractivity contribution >= 4 is 0 Å². The minimum atomic E-state index is 0.0237. The Hall–Kier alpha value is -0.810. The second-order valence-corrected chi connectivity index (χ2v) is 4.13. The molecular formula is C12H20N2. The molecule has 1 rings (SSSR count). The molecule has 0 aromatic rings. The summed E-state index contributed by atoms with van der Waals surface area (Å²) in [6, 6.07) is 3.00. The second-order valence-electron chi connectivity index (χ2n) is 4.13. The topological polar surface area (TPSA) is 27.0 Å². The van der Waals surface area contributed by atoms with Crippen LogP contribution in [0.15, 0.2) is 12.7 Å². The molecule has 1 aliphatic carbocycles. The van der Waals surface area contributed by atoms with Crippen molar-refractivity contribution in [2.45, 2.75) is 50.6 Å². The first-order valence-corrected chi connectivity index (χ1v) is 5.52. The molecule has 2 heteroatoms. The van der Waals surface area contributed by atoms with E-state index in [1.165, 1.54) is 32.1 Å². The fraction of sp³-hybridized carbons (Fsp3) is 0.750. The van der Waals surface area contributed by atoms with Crippen LogP contribution in [0, 0.1) is 11.3 Å². The van der Waals surface area contributed by atoms with Crippen molar-refractivity contribution in [1.29, 1.82) is 5.26 Å². The van der Waals surface area contributed by atoms with Gasteiger partial charge in [0.1, 0.15) is 6.04 Å². The molecule has 1 atom stereocenters. The summed E-state index contributed by atoms with van der Waals surface area (Å²) in [4.78, 5) is 2.24. The van der Waals surface area contributed by atoms with Gasteiger partial charge in [0.05, 0.1) is 6.07 Å². The van der Waals surface area contributed by atoms with Crippen molar-refractivity contribution in [2.24, 2.45) is 0 Å². The van der Waals surface area contributed by atoms with Crippen molar-refractivity contribution in [2.75, 3.05) is 7.05 Å². The molecule has 0 radical (unpaired) electrons. The van der Waals surface area contributed by atoms with Crippen LogP contribution in [0.25, 0.3) is 0 Å². The van der Waals surface area contributed by atoms with Crippen molar-refractivity contribution in [3.63, 3.8) is 0 Å². The highest BCUT2D eigenvalue weighted by molar-refractivity contribution is 4.97. The summed E-state index contributed by atoms with van der Waals surface area (Å²) in [5, 5.41) is 9.02. The molecule has 0 aromatic heterocycles. The van der Waals surface area contributed by atoms with E-state index in [4.69, 9.17) is 5.26 Å². The molecule has 1 fully saturated rings. The summed E-state index contributed by atoms with van der Waals surface area (Å²) in [7, 11) is 2.08. The molecule has 0 spiro atoms. The molecule has 0 N–H and O–H groups in total. The van der Waals surface area contributed by atoms with Crippen molar-refractivity contribution in [3.8, 4) is 6.07 Å². The van der Waals surface area contributed by atoms with Gasteiger partial charge in [0.2, 0.25) is 0 Å². The van der Waals surface area contributed by atoms with Crippen LogP contribution in [0.3, 0.4) is 0 Å². The van der Waals surface area contributed by atoms with E-state index < -0.39 is 0 Å². The van der Waals surface area contributed by atoms with Crippen LogP contribution >= 0.6 is 0 Å². The van der Waals surface area contributed by atoms with Crippen LogP contribution in [0.1, 0.15) is 38.5 Å². The average molecular weight is 192 g/mol. The largest absolute Gasteiger partial charge is 0.288 e. The summed E-state index contributed by atoms with van der Waals surface area (Å²) in [6.45, 7) is 3.70. The first-order valence-electron chi connectivity index (χ1n) is 5.52. The van der Waals surface area contributed by atoms with Crippen LogP contribution in [-0.4, -0.2) is 24.0 Å². The van der Waals surface area contributed by atoms with E-state index in [9.17, 15) is 0 Å². The monoisotopic (exact) mass is 192 g/mol. The fourth-order valence-corrected chi connectivity index (χ4v) is 2.21. The number of nitrogens with zero attached hydrogens (tertiary/aromatic N) is 2. The van der Waals surface area contributed by atoms with Crippen LogP contribution in [-0.2, 0) is 0 Å². The van der Waals surface area contributed by atoms with E-state index in [0.717, 1.165) is 6.42 Å². The minimum Gasteiger partial charge on any atom is -0.288 e. The molecule has 1 unspecified atom stereocenters. The van der Waals surface area contributed by atoms with E-state index in [1.54, 1.807) is 0 Å². The predicted octanol–water partition coefficient (Wildman–Crippen LogP) is 2.72. The fourth-order valence-electron chi connectivity index (χ4n) is 2.21. The lowest BCUT2D eigenvalue weighted by Gasteiger charge is -2.33. The maximum absolute atomic E-state index is 9.02. The minimum absolute atomic E-state index is 0.0237. The van der Waals surface area contributed by atoms with Crippen molar-refractivity contribution < 1.29 is 0 Å². The van der Waals surface area contributed by atoms with Gasteiger partial charge in [-0.1, -0.05) is 25.3 Å². The van der Waals surface area contributed by atoms with Crippen molar-refractivity contribution in [1.82, 2.24) is 4.90 Å². The van der Waals surface area contributed by atoms with Gasteiger partial charge in [-0.15, -0.1) is 6.58 Å². The Morgan fingerprint density at radius 1 is 1.50 bits per heavy atom. The normalized spacial score (nSPS) is 20.4. The zero-order chi connectivity index (χ0) is 10.4. The molecule has 0 heterocycles. The highest BCUT2D eigenvalue weighted by Crippen LogP contribution is 2.23. The van der Waals surface area contributed by atoms with E-state index in [1.807, 2.05) is 6.08 Å². The molecule has 1 saturated carbocycles. The lowest BCUT2D eigenvalue weighted by Crippen LogP contribution is -2.40. The van der Waals surface area contributed by atoms with Gasteiger partial charge < -0.3 is 0 Å². The Kier molecular flexibility index (Phi) is 4.69. The van der Waals surface area contributed by atoms with Gasteiger partial charge >= 0.3 is 0 Å². The molecule has 0 aromatic carbocycles.